The molecule has 4 rings (SSSR count). The fraction of sp³-hybridized carbons (Fsp3) is 0.353. The summed E-state index contributed by atoms with van der Waals surface area (Å²) < 4.78 is 7.18. The van der Waals surface area contributed by atoms with Crippen molar-refractivity contribution in [1.82, 2.24) is 14.3 Å². The van der Waals surface area contributed by atoms with Crippen LogP contribution in [-0.4, -0.2) is 45.5 Å². The summed E-state index contributed by atoms with van der Waals surface area (Å²) in [6.07, 6.45) is 1.71. The molecule has 0 bridgehead atoms. The van der Waals surface area contributed by atoms with Crippen LogP contribution in [-0.2, 0) is 4.74 Å². The second-order valence-corrected chi connectivity index (χ2v) is 7.17. The Morgan fingerprint density at radius 3 is 2.79 bits per heavy atom. The van der Waals surface area contributed by atoms with Crippen LogP contribution in [0, 0.1) is 0 Å². The summed E-state index contributed by atoms with van der Waals surface area (Å²) in [4.78, 5) is 32.8. The maximum Gasteiger partial charge on any atom is 0.266 e. The van der Waals surface area contributed by atoms with Crippen LogP contribution < -0.4 is 5.56 Å². The lowest BCUT2D eigenvalue weighted by atomic mass is 10.2. The molecule has 2 atom stereocenters. The lowest BCUT2D eigenvalue weighted by Crippen LogP contribution is -2.48. The van der Waals surface area contributed by atoms with Crippen molar-refractivity contribution in [2.24, 2.45) is 0 Å². The van der Waals surface area contributed by atoms with Gasteiger partial charge in [0.05, 0.1) is 22.5 Å². The third-order valence-corrected chi connectivity index (χ3v) is 5.15. The number of carbonyl (C=O) groups is 1. The van der Waals surface area contributed by atoms with Gasteiger partial charge < -0.3 is 9.64 Å². The molecule has 1 fully saturated rings. The van der Waals surface area contributed by atoms with E-state index in [2.05, 4.69) is 4.98 Å². The largest absolute Gasteiger partial charge is 0.372 e. The van der Waals surface area contributed by atoms with Crippen molar-refractivity contribution < 1.29 is 9.53 Å². The molecule has 0 aromatic carbocycles. The molecule has 0 radical (unpaired) electrons. The number of fused-ring (bicyclic) bond motifs is 2. The molecule has 0 N–H and O–H groups in total. The van der Waals surface area contributed by atoms with Crippen LogP contribution in [0.1, 0.15) is 23.5 Å². The molecular weight excluding hydrogens is 326 g/mol. The van der Waals surface area contributed by atoms with Gasteiger partial charge in [0.25, 0.3) is 11.5 Å². The Kier molecular flexibility index (Phi) is 3.62. The molecule has 1 aliphatic rings. The van der Waals surface area contributed by atoms with E-state index in [1.807, 2.05) is 19.9 Å². The molecule has 6 nitrogen and oxygen atoms in total. The second kappa shape index (κ2) is 5.68. The summed E-state index contributed by atoms with van der Waals surface area (Å²) in [7, 11) is 0. The smallest absolute Gasteiger partial charge is 0.266 e. The average molecular weight is 343 g/mol. The third kappa shape index (κ3) is 2.50. The Labute approximate surface area is 142 Å². The minimum absolute atomic E-state index is 0.0124. The van der Waals surface area contributed by atoms with Gasteiger partial charge in [-0.25, -0.2) is 4.98 Å². The Morgan fingerprint density at radius 2 is 2.04 bits per heavy atom. The first kappa shape index (κ1) is 15.3. The van der Waals surface area contributed by atoms with Crippen molar-refractivity contribution in [2.45, 2.75) is 26.1 Å². The Morgan fingerprint density at radius 1 is 1.29 bits per heavy atom. The number of nitrogens with zero attached hydrogens (tertiary/aromatic N) is 3. The van der Waals surface area contributed by atoms with E-state index in [9.17, 15) is 9.59 Å². The fourth-order valence-corrected chi connectivity index (χ4v) is 4.15. The van der Waals surface area contributed by atoms with Gasteiger partial charge in [-0.3, -0.25) is 14.0 Å². The van der Waals surface area contributed by atoms with E-state index >= 15 is 0 Å². The molecule has 3 aromatic rings. The van der Waals surface area contributed by atoms with E-state index < -0.39 is 0 Å². The number of carbonyl (C=O) groups excluding carboxylic acids is 1. The van der Waals surface area contributed by atoms with Crippen molar-refractivity contribution in [3.63, 3.8) is 0 Å². The lowest BCUT2D eigenvalue weighted by Gasteiger charge is -2.35. The maximum atomic E-state index is 12.8. The number of ether oxygens (including phenoxy) is 1. The van der Waals surface area contributed by atoms with Gasteiger partial charge in [0, 0.05) is 19.3 Å². The van der Waals surface area contributed by atoms with Gasteiger partial charge >= 0.3 is 0 Å². The number of aromatic nitrogens is 2. The summed E-state index contributed by atoms with van der Waals surface area (Å²) in [6, 6.07) is 7.08. The van der Waals surface area contributed by atoms with E-state index in [4.69, 9.17) is 4.74 Å². The summed E-state index contributed by atoms with van der Waals surface area (Å²) in [5.41, 5.74) is 0.444. The van der Waals surface area contributed by atoms with Gasteiger partial charge in [0.15, 0.2) is 0 Å². The standard InChI is InChI=1S/C17H17N3O3S/c1-10-8-19(9-11(2)23-10)17(22)13-7-12-15(24-13)18-14-5-3-4-6-20(14)16(12)21/h3-7,10-11H,8-9H2,1-2H3/t10-,11+. The predicted octanol–water partition coefficient (Wildman–Crippen LogP) is 2.16. The molecule has 1 saturated heterocycles. The van der Waals surface area contributed by atoms with E-state index in [1.165, 1.54) is 15.7 Å². The van der Waals surface area contributed by atoms with Gasteiger partial charge in [0.2, 0.25) is 0 Å². The number of thiophene rings is 1. The van der Waals surface area contributed by atoms with Gasteiger partial charge in [-0.1, -0.05) is 6.07 Å². The zero-order valence-electron chi connectivity index (χ0n) is 13.4. The van der Waals surface area contributed by atoms with Crippen LogP contribution in [0.25, 0.3) is 15.9 Å². The number of amides is 1. The number of rotatable bonds is 1. The normalized spacial score (nSPS) is 21.5. The van der Waals surface area contributed by atoms with E-state index in [1.54, 1.807) is 29.3 Å². The Bertz CT molecular complexity index is 984. The summed E-state index contributed by atoms with van der Waals surface area (Å²) in [6.45, 7) is 5.04. The highest BCUT2D eigenvalue weighted by atomic mass is 32.1. The molecule has 0 unspecified atom stereocenters. The number of pyridine rings is 1. The van der Waals surface area contributed by atoms with Crippen LogP contribution in [0.15, 0.2) is 35.3 Å². The monoisotopic (exact) mass is 343 g/mol. The molecule has 0 spiro atoms. The first-order valence-corrected chi connectivity index (χ1v) is 8.70. The molecule has 1 aliphatic heterocycles. The lowest BCUT2D eigenvalue weighted by molar-refractivity contribution is -0.0585. The molecule has 4 heterocycles. The Hall–Kier alpha value is -2.25. The zero-order valence-corrected chi connectivity index (χ0v) is 14.2. The molecule has 1 amide bonds. The van der Waals surface area contributed by atoms with Crippen LogP contribution >= 0.6 is 11.3 Å². The zero-order chi connectivity index (χ0) is 16.8. The number of hydrogen-bond donors (Lipinski definition) is 0. The Balaban J connectivity index is 1.77. The highest BCUT2D eigenvalue weighted by molar-refractivity contribution is 7.20. The first-order chi connectivity index (χ1) is 11.5. The fourth-order valence-electron chi connectivity index (χ4n) is 3.15. The molecular formula is C17H17N3O3S. The molecule has 124 valence electrons. The molecule has 7 heteroatoms. The summed E-state index contributed by atoms with van der Waals surface area (Å²) >= 11 is 1.27. The van der Waals surface area contributed by atoms with Crippen LogP contribution in [0.3, 0.4) is 0 Å². The topological polar surface area (TPSA) is 63.9 Å². The van der Waals surface area contributed by atoms with Gasteiger partial charge in [-0.15, -0.1) is 11.3 Å². The van der Waals surface area contributed by atoms with Crippen molar-refractivity contribution in [3.05, 3.63) is 45.7 Å². The van der Waals surface area contributed by atoms with Crippen molar-refractivity contribution >= 4 is 33.1 Å². The quantitative estimate of drug-likeness (QED) is 0.679. The van der Waals surface area contributed by atoms with Gasteiger partial charge in [0.1, 0.15) is 10.5 Å². The van der Waals surface area contributed by atoms with Crippen LogP contribution in [0.2, 0.25) is 0 Å². The minimum Gasteiger partial charge on any atom is -0.372 e. The SMILES string of the molecule is C[C@@H]1CN(C(=O)c2cc3c(=O)n4ccccc4nc3s2)C[C@H](C)O1. The van der Waals surface area contributed by atoms with Crippen molar-refractivity contribution in [1.29, 1.82) is 0 Å². The van der Waals surface area contributed by atoms with Crippen LogP contribution in [0.4, 0.5) is 0 Å². The third-order valence-electron chi connectivity index (χ3n) is 4.13. The number of hydrogen-bond acceptors (Lipinski definition) is 5. The van der Waals surface area contributed by atoms with Gasteiger partial charge in [-0.2, -0.15) is 0 Å². The van der Waals surface area contributed by atoms with Crippen LogP contribution in [0.5, 0.6) is 0 Å². The molecule has 0 aliphatic carbocycles. The predicted molar refractivity (Wildman–Crippen MR) is 92.8 cm³/mol. The first-order valence-electron chi connectivity index (χ1n) is 7.88. The van der Waals surface area contributed by atoms with Crippen molar-refractivity contribution in [2.75, 3.05) is 13.1 Å². The highest BCUT2D eigenvalue weighted by Gasteiger charge is 2.28. The second-order valence-electron chi connectivity index (χ2n) is 6.14. The number of morpholine rings is 1. The summed E-state index contributed by atoms with van der Waals surface area (Å²) in [5, 5.41) is 0.487. The van der Waals surface area contributed by atoms with E-state index in [-0.39, 0.29) is 23.7 Å². The maximum absolute atomic E-state index is 12.8. The van der Waals surface area contributed by atoms with E-state index in [0.29, 0.717) is 33.8 Å². The van der Waals surface area contributed by atoms with Gasteiger partial charge in [-0.05, 0) is 32.0 Å². The summed E-state index contributed by atoms with van der Waals surface area (Å²) in [5.74, 6) is -0.0616. The average Bonchev–Trinajstić information content (AvgIpc) is 2.98. The molecule has 3 aromatic heterocycles. The van der Waals surface area contributed by atoms with E-state index in [0.717, 1.165) is 0 Å². The molecule has 0 saturated carbocycles. The molecule has 24 heavy (non-hydrogen) atoms. The minimum atomic E-state index is -0.144. The van der Waals surface area contributed by atoms with Crippen molar-refractivity contribution in [3.8, 4) is 0 Å². The highest BCUT2D eigenvalue weighted by Crippen LogP contribution is 2.24.